The largest absolute Gasteiger partial charge is 0.462 e. The number of carbonyl (C=O) groups is 1. The number of esters is 1. The molecule has 0 saturated carbocycles. The number of aromatic nitrogens is 2. The average Bonchev–Trinajstić information content (AvgIpc) is 3.14. The summed E-state index contributed by atoms with van der Waals surface area (Å²) < 4.78 is 62.5. The number of hydrogen-bond acceptors (Lipinski definition) is 10. The van der Waals surface area contributed by atoms with Gasteiger partial charge in [0.05, 0.1) is 16.4 Å². The molecule has 1 aromatic heterocycles. The van der Waals surface area contributed by atoms with Crippen LogP contribution in [0.1, 0.15) is 17.3 Å². The summed E-state index contributed by atoms with van der Waals surface area (Å²) in [5, 5.41) is 3.64. The molecule has 49 heavy (non-hydrogen) atoms. The highest BCUT2D eigenvalue weighted by molar-refractivity contribution is 7.89. The second-order valence-electron chi connectivity index (χ2n) is 11.9. The fourth-order valence-corrected chi connectivity index (χ4v) is 9.25. The molecule has 254 valence electrons. The number of ether oxygens (including phenoxy) is 1. The molecule has 0 unspecified atom stereocenters. The Morgan fingerprint density at radius 2 is 1.12 bits per heavy atom. The molecule has 2 aliphatic rings. The van der Waals surface area contributed by atoms with Crippen LogP contribution in [0.25, 0.3) is 21.5 Å². The van der Waals surface area contributed by atoms with Crippen LogP contribution in [0.4, 0.5) is 11.8 Å². The third kappa shape index (κ3) is 6.44. The van der Waals surface area contributed by atoms with Crippen molar-refractivity contribution in [1.29, 1.82) is 0 Å². The van der Waals surface area contributed by atoms with Crippen molar-refractivity contribution in [2.45, 2.75) is 16.7 Å². The fraction of sp³-hybridized carbons (Fsp3) is 0.286. The lowest BCUT2D eigenvalue weighted by atomic mass is 10.1. The SMILES string of the molecule is CCOC(=O)c1cnc(N2CCN(S(=O)(=O)c3ccc4ccccc4c3)CC2)nc1N1CCN(S(=O)(=O)c2ccc3ccccc3c2)CC1. The number of piperazine rings is 2. The number of rotatable bonds is 8. The zero-order chi connectivity index (χ0) is 34.2. The van der Waals surface area contributed by atoms with Crippen LogP contribution in [0.3, 0.4) is 0 Å². The van der Waals surface area contributed by atoms with E-state index in [4.69, 9.17) is 9.72 Å². The van der Waals surface area contributed by atoms with Crippen LogP contribution in [0.2, 0.25) is 0 Å². The predicted molar refractivity (Wildman–Crippen MR) is 188 cm³/mol. The highest BCUT2D eigenvalue weighted by Gasteiger charge is 2.33. The van der Waals surface area contributed by atoms with E-state index in [2.05, 4.69) is 4.98 Å². The molecule has 2 fully saturated rings. The summed E-state index contributed by atoms with van der Waals surface area (Å²) in [4.78, 5) is 26.5. The van der Waals surface area contributed by atoms with Crippen molar-refractivity contribution < 1.29 is 26.4 Å². The molecular weight excluding hydrogens is 665 g/mol. The maximum Gasteiger partial charge on any atom is 0.343 e. The van der Waals surface area contributed by atoms with Crippen molar-refractivity contribution in [3.8, 4) is 0 Å². The molecule has 0 radical (unpaired) electrons. The minimum Gasteiger partial charge on any atom is -0.462 e. The van der Waals surface area contributed by atoms with Gasteiger partial charge in [-0.2, -0.15) is 13.6 Å². The first-order valence-corrected chi connectivity index (χ1v) is 19.0. The van der Waals surface area contributed by atoms with Gasteiger partial charge in [0, 0.05) is 58.6 Å². The summed E-state index contributed by atoms with van der Waals surface area (Å²) in [6.45, 7) is 4.05. The van der Waals surface area contributed by atoms with E-state index in [1.165, 1.54) is 14.8 Å². The monoisotopic (exact) mass is 700 g/mol. The second-order valence-corrected chi connectivity index (χ2v) is 15.8. The third-order valence-electron chi connectivity index (χ3n) is 9.03. The van der Waals surface area contributed by atoms with Crippen molar-refractivity contribution in [1.82, 2.24) is 18.6 Å². The van der Waals surface area contributed by atoms with E-state index in [0.717, 1.165) is 21.5 Å². The van der Waals surface area contributed by atoms with Crippen molar-refractivity contribution in [3.63, 3.8) is 0 Å². The minimum atomic E-state index is -3.75. The Balaban J connectivity index is 1.07. The maximum absolute atomic E-state index is 13.6. The minimum absolute atomic E-state index is 0.172. The number of fused-ring (bicyclic) bond motifs is 2. The summed E-state index contributed by atoms with van der Waals surface area (Å²) in [5.74, 6) is 0.149. The molecule has 0 aliphatic carbocycles. The normalized spacial score (nSPS) is 16.7. The van der Waals surface area contributed by atoms with Crippen LogP contribution >= 0.6 is 0 Å². The van der Waals surface area contributed by atoms with E-state index in [1.54, 1.807) is 31.2 Å². The number of benzene rings is 4. The Labute approximate surface area is 285 Å². The van der Waals surface area contributed by atoms with E-state index in [0.29, 0.717) is 37.9 Å². The van der Waals surface area contributed by atoms with Gasteiger partial charge >= 0.3 is 5.97 Å². The Kier molecular flexibility index (Phi) is 8.96. The molecule has 0 spiro atoms. The molecule has 3 heterocycles. The Morgan fingerprint density at radius 1 is 0.653 bits per heavy atom. The van der Waals surface area contributed by atoms with Crippen LogP contribution in [-0.2, 0) is 24.8 Å². The molecule has 2 saturated heterocycles. The number of anilines is 2. The molecule has 0 bridgehead atoms. The molecule has 0 amide bonds. The first-order chi connectivity index (χ1) is 23.6. The molecule has 7 rings (SSSR count). The van der Waals surface area contributed by atoms with Gasteiger partial charge in [-0.3, -0.25) is 0 Å². The maximum atomic E-state index is 13.6. The number of nitrogens with zero attached hydrogens (tertiary/aromatic N) is 6. The summed E-state index contributed by atoms with van der Waals surface area (Å²) in [5.41, 5.74) is 0.189. The number of carbonyl (C=O) groups excluding carboxylic acids is 1. The molecule has 2 aliphatic heterocycles. The summed E-state index contributed by atoms with van der Waals surface area (Å²) in [7, 11) is -7.46. The van der Waals surface area contributed by atoms with E-state index >= 15 is 0 Å². The zero-order valence-electron chi connectivity index (χ0n) is 27.0. The van der Waals surface area contributed by atoms with Gasteiger partial charge in [-0.05, 0) is 52.7 Å². The lowest BCUT2D eigenvalue weighted by Gasteiger charge is -2.37. The Hall–Kier alpha value is -4.63. The van der Waals surface area contributed by atoms with Crippen LogP contribution in [0.15, 0.2) is 101 Å². The molecule has 0 atom stereocenters. The van der Waals surface area contributed by atoms with E-state index in [1.807, 2.05) is 70.5 Å². The molecule has 4 aromatic carbocycles. The van der Waals surface area contributed by atoms with Gasteiger partial charge in [-0.1, -0.05) is 60.7 Å². The van der Waals surface area contributed by atoms with Gasteiger partial charge in [0.1, 0.15) is 11.4 Å². The third-order valence-corrected chi connectivity index (χ3v) is 12.8. The van der Waals surface area contributed by atoms with E-state index in [9.17, 15) is 21.6 Å². The van der Waals surface area contributed by atoms with Crippen LogP contribution in [0, 0.1) is 0 Å². The summed E-state index contributed by atoms with van der Waals surface area (Å²) in [6, 6.07) is 25.6. The Morgan fingerprint density at radius 3 is 1.61 bits per heavy atom. The van der Waals surface area contributed by atoms with Crippen molar-refractivity contribution >= 4 is 59.3 Å². The van der Waals surface area contributed by atoms with Gasteiger partial charge in [0.2, 0.25) is 26.0 Å². The van der Waals surface area contributed by atoms with Crippen LogP contribution < -0.4 is 9.80 Å². The standard InChI is InChI=1S/C35H36N6O6S2/c1-2-47-34(42)32-25-36-35(39-17-21-41(22-18-39)49(45,46)31-14-12-27-8-4-6-10-29(27)24-31)37-33(32)38-15-19-40(20-16-38)48(43,44)30-13-11-26-7-3-5-9-28(26)23-30/h3-14,23-25H,2,15-22H2,1H3. The van der Waals surface area contributed by atoms with Crippen molar-refractivity contribution in [3.05, 3.63) is 96.7 Å². The van der Waals surface area contributed by atoms with Crippen LogP contribution in [-0.4, -0.2) is 100 Å². The van der Waals surface area contributed by atoms with Gasteiger partial charge in [0.25, 0.3) is 0 Å². The van der Waals surface area contributed by atoms with Crippen molar-refractivity contribution in [2.24, 2.45) is 0 Å². The molecule has 0 N–H and O–H groups in total. The predicted octanol–water partition coefficient (Wildman–Crippen LogP) is 3.98. The van der Waals surface area contributed by atoms with E-state index in [-0.39, 0.29) is 48.1 Å². The lowest BCUT2D eigenvalue weighted by Crippen LogP contribution is -2.50. The molecular formula is C35H36N6O6S2. The van der Waals surface area contributed by atoms with Gasteiger partial charge in [-0.15, -0.1) is 0 Å². The zero-order valence-corrected chi connectivity index (χ0v) is 28.6. The molecule has 5 aromatic rings. The smallest absolute Gasteiger partial charge is 0.343 e. The highest BCUT2D eigenvalue weighted by Crippen LogP contribution is 2.28. The van der Waals surface area contributed by atoms with Gasteiger partial charge in [0.15, 0.2) is 0 Å². The van der Waals surface area contributed by atoms with Gasteiger partial charge in [-0.25, -0.2) is 26.6 Å². The second kappa shape index (κ2) is 13.3. The fourth-order valence-electron chi connectivity index (χ4n) is 6.33. The van der Waals surface area contributed by atoms with Gasteiger partial charge < -0.3 is 14.5 Å². The van der Waals surface area contributed by atoms with Crippen LogP contribution in [0.5, 0.6) is 0 Å². The topological polar surface area (TPSA) is 133 Å². The number of hydrogen-bond donors (Lipinski definition) is 0. The van der Waals surface area contributed by atoms with E-state index < -0.39 is 26.0 Å². The quantitative estimate of drug-likeness (QED) is 0.219. The molecule has 12 nitrogen and oxygen atoms in total. The Bertz CT molecular complexity index is 2250. The lowest BCUT2D eigenvalue weighted by molar-refractivity contribution is 0.0526. The molecule has 14 heteroatoms. The first kappa shape index (κ1) is 32.9. The highest BCUT2D eigenvalue weighted by atomic mass is 32.2. The average molecular weight is 701 g/mol. The number of sulfonamides is 2. The van der Waals surface area contributed by atoms with Crippen molar-refractivity contribution in [2.75, 3.05) is 68.8 Å². The first-order valence-electron chi connectivity index (χ1n) is 16.2. The summed E-state index contributed by atoms with van der Waals surface area (Å²) >= 11 is 0. The summed E-state index contributed by atoms with van der Waals surface area (Å²) in [6.07, 6.45) is 1.44.